The minimum absolute atomic E-state index is 0.117. The number of hydrogen-bond donors (Lipinski definition) is 3. The quantitative estimate of drug-likeness (QED) is 0.490. The SMILES string of the molecule is CC(=O)N1CCCC12CN(CC(=O)NC(C(C)O)C1NN=CO1)C2=O. The van der Waals surface area contributed by atoms with Crippen LogP contribution in [-0.4, -0.2) is 82.6 Å². The van der Waals surface area contributed by atoms with Crippen LogP contribution >= 0.6 is 0 Å². The fourth-order valence-electron chi connectivity index (χ4n) is 3.76. The molecular formula is C15H23N5O5. The second kappa shape index (κ2) is 6.51. The number of β-lactam (4-membered cyclic amide) rings is 1. The lowest BCUT2D eigenvalue weighted by Crippen LogP contribution is -2.73. The Bertz CT molecular complexity index is 601. The van der Waals surface area contributed by atoms with Crippen LogP contribution < -0.4 is 10.7 Å². The van der Waals surface area contributed by atoms with Crippen LogP contribution in [0.15, 0.2) is 5.10 Å². The Morgan fingerprint density at radius 1 is 1.60 bits per heavy atom. The first kappa shape index (κ1) is 17.5. The molecule has 10 heteroatoms. The van der Waals surface area contributed by atoms with Gasteiger partial charge in [-0.25, -0.2) is 0 Å². The number of carbonyl (C=O) groups is 3. The smallest absolute Gasteiger partial charge is 0.250 e. The number of hydrogen-bond acceptors (Lipinski definition) is 7. The van der Waals surface area contributed by atoms with Gasteiger partial charge in [0.05, 0.1) is 19.2 Å². The van der Waals surface area contributed by atoms with Crippen LogP contribution in [0.4, 0.5) is 0 Å². The monoisotopic (exact) mass is 353 g/mol. The highest BCUT2D eigenvalue weighted by atomic mass is 16.5. The molecule has 10 nitrogen and oxygen atoms in total. The summed E-state index contributed by atoms with van der Waals surface area (Å²) in [6.07, 6.45) is 1.10. The number of nitrogens with one attached hydrogen (secondary N) is 2. The second-order valence-electron chi connectivity index (χ2n) is 6.72. The van der Waals surface area contributed by atoms with Crippen molar-refractivity contribution >= 4 is 24.1 Å². The summed E-state index contributed by atoms with van der Waals surface area (Å²) in [6.45, 7) is 3.81. The Hall–Kier alpha value is -2.36. The molecule has 0 aromatic heterocycles. The first-order valence-corrected chi connectivity index (χ1v) is 8.33. The first-order chi connectivity index (χ1) is 11.8. The minimum atomic E-state index is -0.871. The number of likely N-dealkylation sites (tertiary alicyclic amines) is 2. The van der Waals surface area contributed by atoms with E-state index in [2.05, 4.69) is 15.8 Å². The standard InChI is InChI=1S/C15H23N5O5/c1-9(21)12(13-18-16-8-25-13)17-11(23)6-19-7-15(14(19)24)4-3-5-20(15)10(2)22/h8-9,12-13,18,21H,3-7H2,1-2H3,(H,17,23). The Balaban J connectivity index is 1.56. The van der Waals surface area contributed by atoms with Crippen LogP contribution in [0.5, 0.6) is 0 Å². The molecule has 0 aromatic rings. The predicted octanol–water partition coefficient (Wildman–Crippen LogP) is -2.04. The lowest BCUT2D eigenvalue weighted by atomic mass is 9.85. The van der Waals surface area contributed by atoms with E-state index in [9.17, 15) is 19.5 Å². The summed E-state index contributed by atoms with van der Waals surface area (Å²) in [7, 11) is 0. The zero-order valence-corrected chi connectivity index (χ0v) is 14.3. The van der Waals surface area contributed by atoms with Crippen LogP contribution in [-0.2, 0) is 19.1 Å². The van der Waals surface area contributed by atoms with Gasteiger partial charge in [-0.3, -0.25) is 19.8 Å². The highest BCUT2D eigenvalue weighted by Gasteiger charge is 2.59. The zero-order chi connectivity index (χ0) is 18.2. The maximum atomic E-state index is 12.6. The highest BCUT2D eigenvalue weighted by Crippen LogP contribution is 2.38. The largest absolute Gasteiger partial charge is 0.455 e. The van der Waals surface area contributed by atoms with Gasteiger partial charge in [-0.05, 0) is 19.8 Å². The molecular weight excluding hydrogens is 330 g/mol. The number of aliphatic hydroxyl groups excluding tert-OH is 1. The number of nitrogens with zero attached hydrogens (tertiary/aromatic N) is 3. The topological polar surface area (TPSA) is 124 Å². The van der Waals surface area contributed by atoms with Gasteiger partial charge in [0, 0.05) is 13.5 Å². The van der Waals surface area contributed by atoms with E-state index in [1.807, 2.05) is 0 Å². The van der Waals surface area contributed by atoms with Gasteiger partial charge in [-0.15, -0.1) is 5.10 Å². The van der Waals surface area contributed by atoms with Gasteiger partial charge >= 0.3 is 0 Å². The van der Waals surface area contributed by atoms with E-state index in [0.717, 1.165) is 6.42 Å². The molecule has 3 aliphatic rings. The van der Waals surface area contributed by atoms with E-state index in [1.165, 1.54) is 25.1 Å². The molecule has 0 radical (unpaired) electrons. The summed E-state index contributed by atoms with van der Waals surface area (Å²) in [5, 5.41) is 16.2. The molecule has 3 N–H and O–H groups in total. The lowest BCUT2D eigenvalue weighted by molar-refractivity contribution is -0.168. The number of rotatable bonds is 5. The number of aliphatic hydroxyl groups is 1. The molecule has 3 amide bonds. The van der Waals surface area contributed by atoms with Crippen molar-refractivity contribution in [3.63, 3.8) is 0 Å². The number of ether oxygens (including phenoxy) is 1. The van der Waals surface area contributed by atoms with Crippen LogP contribution in [0.2, 0.25) is 0 Å². The van der Waals surface area contributed by atoms with Crippen molar-refractivity contribution < 1.29 is 24.2 Å². The molecule has 0 aliphatic carbocycles. The van der Waals surface area contributed by atoms with Crippen LogP contribution in [0.25, 0.3) is 0 Å². The van der Waals surface area contributed by atoms with Crippen molar-refractivity contribution in [3.8, 4) is 0 Å². The summed E-state index contributed by atoms with van der Waals surface area (Å²) in [5.74, 6) is -0.713. The van der Waals surface area contributed by atoms with Gasteiger partial charge in [0.25, 0.3) is 5.91 Å². The van der Waals surface area contributed by atoms with E-state index in [4.69, 9.17) is 4.74 Å². The Morgan fingerprint density at radius 2 is 2.36 bits per heavy atom. The average molecular weight is 353 g/mol. The maximum absolute atomic E-state index is 12.6. The van der Waals surface area contributed by atoms with Crippen LogP contribution in [0.3, 0.4) is 0 Å². The molecule has 1 spiro atoms. The lowest BCUT2D eigenvalue weighted by Gasteiger charge is -2.50. The molecule has 2 fully saturated rings. The predicted molar refractivity (Wildman–Crippen MR) is 86.0 cm³/mol. The normalized spacial score (nSPS) is 29.9. The van der Waals surface area contributed by atoms with E-state index in [0.29, 0.717) is 19.5 Å². The van der Waals surface area contributed by atoms with Crippen molar-refractivity contribution in [2.45, 2.75) is 50.6 Å². The molecule has 4 atom stereocenters. The third-order valence-corrected chi connectivity index (χ3v) is 4.98. The summed E-state index contributed by atoms with van der Waals surface area (Å²) < 4.78 is 5.16. The maximum Gasteiger partial charge on any atom is 0.250 e. The fraction of sp³-hybridized carbons (Fsp3) is 0.733. The highest BCUT2D eigenvalue weighted by molar-refractivity contribution is 5.99. The second-order valence-corrected chi connectivity index (χ2v) is 6.72. The zero-order valence-electron chi connectivity index (χ0n) is 14.3. The molecule has 3 heterocycles. The average Bonchev–Trinajstić information content (AvgIpc) is 3.22. The summed E-state index contributed by atoms with van der Waals surface area (Å²) >= 11 is 0. The third kappa shape index (κ3) is 3.01. The Labute approximate surface area is 145 Å². The van der Waals surface area contributed by atoms with Gasteiger partial charge in [0.2, 0.25) is 18.0 Å². The molecule has 4 unspecified atom stereocenters. The number of amides is 3. The van der Waals surface area contributed by atoms with Crippen molar-refractivity contribution in [2.75, 3.05) is 19.6 Å². The van der Waals surface area contributed by atoms with Gasteiger partial charge in [0.15, 0.2) is 6.40 Å². The van der Waals surface area contributed by atoms with E-state index >= 15 is 0 Å². The summed E-state index contributed by atoms with van der Waals surface area (Å²) in [6, 6.07) is -0.708. The van der Waals surface area contributed by atoms with Crippen LogP contribution in [0, 0.1) is 0 Å². The van der Waals surface area contributed by atoms with Crippen molar-refractivity contribution in [1.29, 1.82) is 0 Å². The summed E-state index contributed by atoms with van der Waals surface area (Å²) in [4.78, 5) is 39.6. The van der Waals surface area contributed by atoms with E-state index < -0.39 is 29.8 Å². The number of hydrazone groups is 1. The molecule has 0 aromatic carbocycles. The van der Waals surface area contributed by atoms with Crippen molar-refractivity contribution in [1.82, 2.24) is 20.5 Å². The first-order valence-electron chi connectivity index (χ1n) is 8.33. The van der Waals surface area contributed by atoms with Gasteiger partial charge in [-0.1, -0.05) is 0 Å². The van der Waals surface area contributed by atoms with Gasteiger partial charge in [0.1, 0.15) is 11.6 Å². The fourth-order valence-corrected chi connectivity index (χ4v) is 3.76. The van der Waals surface area contributed by atoms with Gasteiger partial charge < -0.3 is 25.0 Å². The van der Waals surface area contributed by atoms with Crippen molar-refractivity contribution in [2.24, 2.45) is 5.10 Å². The summed E-state index contributed by atoms with van der Waals surface area (Å²) in [5.41, 5.74) is 1.87. The third-order valence-electron chi connectivity index (χ3n) is 4.98. The Kier molecular flexibility index (Phi) is 4.55. The molecule has 3 rings (SSSR count). The van der Waals surface area contributed by atoms with E-state index in [-0.39, 0.29) is 18.4 Å². The molecule has 0 bridgehead atoms. The van der Waals surface area contributed by atoms with Crippen molar-refractivity contribution in [3.05, 3.63) is 0 Å². The molecule has 2 saturated heterocycles. The molecule has 3 aliphatic heterocycles. The Morgan fingerprint density at radius 3 is 2.92 bits per heavy atom. The molecule has 25 heavy (non-hydrogen) atoms. The molecule has 0 saturated carbocycles. The number of carbonyl (C=O) groups excluding carboxylic acids is 3. The minimum Gasteiger partial charge on any atom is -0.455 e. The molecule has 138 valence electrons. The van der Waals surface area contributed by atoms with Gasteiger partial charge in [-0.2, -0.15) is 0 Å². The van der Waals surface area contributed by atoms with E-state index in [1.54, 1.807) is 4.90 Å². The van der Waals surface area contributed by atoms with Crippen LogP contribution in [0.1, 0.15) is 26.7 Å².